The molecule has 4 heterocycles. The van der Waals surface area contributed by atoms with Gasteiger partial charge in [0.05, 0.1) is 34.3 Å². The number of hydrogen-bond acceptors (Lipinski definition) is 11. The first-order valence-corrected chi connectivity index (χ1v) is 21.0. The van der Waals surface area contributed by atoms with E-state index >= 15 is 0 Å². The van der Waals surface area contributed by atoms with Gasteiger partial charge >= 0.3 is 0 Å². The Hall–Kier alpha value is -3.92. The number of nitrogens with one attached hydrogen (secondary N) is 3. The number of carbonyl (C=O) groups excluding carboxylic acids is 3. The van der Waals surface area contributed by atoms with Gasteiger partial charge in [0.2, 0.25) is 27.7 Å². The summed E-state index contributed by atoms with van der Waals surface area (Å²) in [7, 11) is -3.86. The number of sulfonamides is 1. The van der Waals surface area contributed by atoms with E-state index in [1.54, 1.807) is 0 Å². The second-order valence-corrected chi connectivity index (χ2v) is 18.8. The number of fused-ring (bicyclic) bond motifs is 3. The Morgan fingerprint density at radius 2 is 1.85 bits per heavy atom. The van der Waals surface area contributed by atoms with Crippen molar-refractivity contribution in [3.63, 3.8) is 0 Å². The van der Waals surface area contributed by atoms with Crippen LogP contribution in [0.4, 0.5) is 0 Å². The maximum atomic E-state index is 14.5. The summed E-state index contributed by atoms with van der Waals surface area (Å²) in [6.45, 7) is 6.56. The van der Waals surface area contributed by atoms with Gasteiger partial charge in [-0.1, -0.05) is 64.0 Å². The van der Waals surface area contributed by atoms with Gasteiger partial charge in [0.15, 0.2) is 0 Å². The highest BCUT2D eigenvalue weighted by Gasteiger charge is 2.62. The molecule has 2 saturated carbocycles. The molecule has 1 saturated heterocycles. The maximum Gasteiger partial charge on any atom is 0.259 e. The molecule has 290 valence electrons. The Morgan fingerprint density at radius 3 is 2.57 bits per heavy atom. The van der Waals surface area contributed by atoms with Crippen LogP contribution in [0, 0.1) is 11.3 Å². The van der Waals surface area contributed by atoms with Gasteiger partial charge in [0.1, 0.15) is 29.4 Å². The summed E-state index contributed by atoms with van der Waals surface area (Å²) in [5.41, 5.74) is 3.33. The zero-order valence-electron chi connectivity index (χ0n) is 30.4. The average Bonchev–Trinajstić information content (AvgIpc) is 3.97. The molecule has 53 heavy (non-hydrogen) atoms. The molecule has 15 heteroatoms. The van der Waals surface area contributed by atoms with Crippen molar-refractivity contribution < 1.29 is 36.7 Å². The van der Waals surface area contributed by atoms with Crippen molar-refractivity contribution in [3.8, 4) is 16.5 Å². The lowest BCUT2D eigenvalue weighted by Gasteiger charge is -2.30. The first-order chi connectivity index (χ1) is 25.3. The number of carbonyl (C=O) groups is 3. The van der Waals surface area contributed by atoms with E-state index in [2.05, 4.69) is 15.5 Å². The molecule has 3 amide bonds. The zero-order valence-corrected chi connectivity index (χ0v) is 32.0. The lowest BCUT2D eigenvalue weighted by atomic mass is 9.99. The van der Waals surface area contributed by atoms with Gasteiger partial charge in [0.25, 0.3) is 5.91 Å². The Labute approximate surface area is 318 Å². The Morgan fingerprint density at radius 1 is 1.08 bits per heavy atom. The van der Waals surface area contributed by atoms with Crippen LogP contribution in [0.25, 0.3) is 21.6 Å². The van der Waals surface area contributed by atoms with Crippen LogP contribution in [0.2, 0.25) is 0 Å². The number of benzene rings is 1. The van der Waals surface area contributed by atoms with Gasteiger partial charge in [-0.3, -0.25) is 19.1 Å². The number of nitrogens with zero attached hydrogens (tertiary/aromatic N) is 3. The standard InChI is InChI=1S/C38H48N6O7S2.3H2/c1-37(2,3)23-50-42-29-15-8-6-4-5-7-12-24-21-38(24,36(47)43-53(48,49)26-17-18-26)41-33(45)30-20-25(22-44(30)35(29)46)51-34-32(31-16-11-19-52-31)39-27-13-9-10-14-28(27)40-34;;;/h7,9-14,16,19,24-26,29-30,42H,4-6,8,15,17-18,20-23H2,1-3H3,(H,41,45)(H,43,47);3*1H/b12-7-;;;/t24-,25-,29+,30?,38-;;;/m1.../s1. The van der Waals surface area contributed by atoms with Crippen molar-refractivity contribution in [2.24, 2.45) is 11.3 Å². The Bertz CT molecular complexity index is 1990. The summed E-state index contributed by atoms with van der Waals surface area (Å²) in [6.07, 6.45) is 8.36. The number of amides is 3. The van der Waals surface area contributed by atoms with E-state index < -0.39 is 50.8 Å². The van der Waals surface area contributed by atoms with E-state index in [1.165, 1.54) is 16.2 Å². The average molecular weight is 771 g/mol. The fourth-order valence-electron chi connectivity index (χ4n) is 6.98. The normalized spacial score (nSPS) is 27.6. The lowest BCUT2D eigenvalue weighted by molar-refractivity contribution is -0.145. The largest absolute Gasteiger partial charge is 0.471 e. The second kappa shape index (κ2) is 15.1. The van der Waals surface area contributed by atoms with Crippen LogP contribution in [0.3, 0.4) is 0 Å². The highest BCUT2D eigenvalue weighted by Crippen LogP contribution is 2.46. The summed E-state index contributed by atoms with van der Waals surface area (Å²) < 4.78 is 34.5. The van der Waals surface area contributed by atoms with Crippen LogP contribution in [-0.4, -0.2) is 83.1 Å². The second-order valence-electron chi connectivity index (χ2n) is 15.9. The summed E-state index contributed by atoms with van der Waals surface area (Å²) in [5.74, 6) is -1.70. The molecule has 13 nitrogen and oxygen atoms in total. The fourth-order valence-corrected chi connectivity index (χ4v) is 9.05. The molecule has 5 atom stereocenters. The molecule has 7 rings (SSSR count). The zero-order chi connectivity index (χ0) is 37.4. The fraction of sp³-hybridized carbons (Fsp3) is 0.553. The minimum atomic E-state index is -3.86. The van der Waals surface area contributed by atoms with Crippen molar-refractivity contribution in [1.29, 1.82) is 0 Å². The van der Waals surface area contributed by atoms with Crippen LogP contribution in [0.15, 0.2) is 53.9 Å². The van der Waals surface area contributed by atoms with Crippen molar-refractivity contribution in [3.05, 3.63) is 53.9 Å². The summed E-state index contributed by atoms with van der Waals surface area (Å²) >= 11 is 1.50. The highest BCUT2D eigenvalue weighted by atomic mass is 32.2. The van der Waals surface area contributed by atoms with Gasteiger partial charge in [-0.2, -0.15) is 5.48 Å². The molecule has 3 N–H and O–H groups in total. The third kappa shape index (κ3) is 8.58. The monoisotopic (exact) mass is 770 g/mol. The van der Waals surface area contributed by atoms with E-state index in [4.69, 9.17) is 19.5 Å². The minimum absolute atomic E-state index is 0. The van der Waals surface area contributed by atoms with Crippen LogP contribution in [0.5, 0.6) is 5.88 Å². The van der Waals surface area contributed by atoms with Crippen LogP contribution in [0.1, 0.15) is 82.8 Å². The van der Waals surface area contributed by atoms with Crippen LogP contribution >= 0.6 is 11.3 Å². The van der Waals surface area contributed by atoms with Crippen molar-refractivity contribution in [1.82, 2.24) is 30.4 Å². The predicted octanol–water partition coefficient (Wildman–Crippen LogP) is 5.38. The number of aromatic nitrogens is 2. The third-order valence-electron chi connectivity index (χ3n) is 10.1. The van der Waals surface area contributed by atoms with Gasteiger partial charge < -0.3 is 19.8 Å². The first kappa shape index (κ1) is 37.4. The van der Waals surface area contributed by atoms with E-state index in [1.807, 2.05) is 74.7 Å². The first-order valence-electron chi connectivity index (χ1n) is 18.5. The van der Waals surface area contributed by atoms with E-state index in [0.29, 0.717) is 48.5 Å². The summed E-state index contributed by atoms with van der Waals surface area (Å²) in [5, 5.41) is 4.28. The molecular weight excluding hydrogens is 717 g/mol. The number of hydroxylamine groups is 1. The lowest BCUT2D eigenvalue weighted by Crippen LogP contribution is -2.58. The van der Waals surface area contributed by atoms with E-state index in [0.717, 1.165) is 30.6 Å². The minimum Gasteiger partial charge on any atom is -0.471 e. The third-order valence-corrected chi connectivity index (χ3v) is 12.8. The van der Waals surface area contributed by atoms with Crippen LogP contribution in [-0.2, 0) is 29.2 Å². The number of ether oxygens (including phenoxy) is 1. The quantitative estimate of drug-likeness (QED) is 0.190. The molecule has 1 aromatic carbocycles. The molecule has 2 aromatic heterocycles. The molecule has 1 unspecified atom stereocenters. The van der Waals surface area contributed by atoms with Crippen molar-refractivity contribution in [2.75, 3.05) is 13.2 Å². The molecule has 0 radical (unpaired) electrons. The number of para-hydroxylation sites is 2. The molecule has 0 bridgehead atoms. The number of allylic oxidation sites excluding steroid dienone is 1. The van der Waals surface area contributed by atoms with E-state index in [9.17, 15) is 22.8 Å². The van der Waals surface area contributed by atoms with Gasteiger partial charge in [0, 0.05) is 16.6 Å². The highest BCUT2D eigenvalue weighted by molar-refractivity contribution is 7.91. The van der Waals surface area contributed by atoms with Gasteiger partial charge in [-0.15, -0.1) is 11.3 Å². The molecule has 0 spiro atoms. The van der Waals surface area contributed by atoms with E-state index in [-0.39, 0.29) is 40.9 Å². The Balaban J connectivity index is 0.00000232. The molecule has 3 aromatic rings. The Kier molecular flexibility index (Phi) is 10.6. The molecule has 3 fully saturated rings. The number of rotatable bonds is 9. The summed E-state index contributed by atoms with van der Waals surface area (Å²) in [4.78, 5) is 60.6. The smallest absolute Gasteiger partial charge is 0.259 e. The van der Waals surface area contributed by atoms with Crippen molar-refractivity contribution >= 4 is 50.1 Å². The predicted molar refractivity (Wildman–Crippen MR) is 207 cm³/mol. The molecule has 4 aliphatic rings. The molecular formula is C38H54N6O7S2. The molecule has 2 aliphatic heterocycles. The topological polar surface area (TPSA) is 169 Å². The SMILES string of the molecule is CC(C)(C)CON[C@H]1CCCCC/C=C\[C@@H]2C[C@@]2(C(=O)NS(=O)(=O)C2CC2)NC(=O)C2C[C@@H](Oc3nc4ccccc4nc3-c3cccs3)CN2C1=O.[HH].[HH].[HH]. The van der Waals surface area contributed by atoms with Gasteiger partial charge in [-0.25, -0.2) is 18.4 Å². The number of thiophene rings is 1. The maximum absolute atomic E-state index is 14.5. The van der Waals surface area contributed by atoms with Gasteiger partial charge in [-0.05, 0) is 67.5 Å². The molecule has 2 aliphatic carbocycles. The van der Waals surface area contributed by atoms with Crippen molar-refractivity contribution in [2.45, 2.75) is 108 Å². The van der Waals surface area contributed by atoms with Crippen LogP contribution < -0.4 is 20.3 Å². The summed E-state index contributed by atoms with van der Waals surface area (Å²) in [6, 6.07) is 9.62. The number of hydrogen-bond donors (Lipinski definition) is 3.